The van der Waals surface area contributed by atoms with Crippen molar-refractivity contribution in [2.24, 2.45) is 0 Å². The van der Waals surface area contributed by atoms with Gasteiger partial charge in [0.25, 0.3) is 0 Å². The quantitative estimate of drug-likeness (QED) is 0.829. The molecular formula is C21H27NO3S. The first-order valence-corrected chi connectivity index (χ1v) is 10.7. The molecule has 1 aliphatic rings. The number of aryl methyl sites for hydroxylation is 2. The number of nitrogens with one attached hydrogen (secondary N) is 1. The second kappa shape index (κ2) is 7.05. The van der Waals surface area contributed by atoms with E-state index in [9.17, 15) is 8.42 Å². The van der Waals surface area contributed by atoms with E-state index in [1.807, 2.05) is 50.2 Å². The smallest absolute Gasteiger partial charge is 0.241 e. The van der Waals surface area contributed by atoms with E-state index in [0.717, 1.165) is 35.3 Å². The summed E-state index contributed by atoms with van der Waals surface area (Å²) in [6, 6.07) is 12.9. The van der Waals surface area contributed by atoms with Crippen molar-refractivity contribution in [3.63, 3.8) is 0 Å². The maximum absolute atomic E-state index is 13.1. The average molecular weight is 374 g/mol. The molecule has 1 heterocycles. The summed E-state index contributed by atoms with van der Waals surface area (Å²) in [6.07, 6.45) is 2.29. The van der Waals surface area contributed by atoms with E-state index in [1.54, 1.807) is 6.07 Å². The summed E-state index contributed by atoms with van der Waals surface area (Å²) in [5.74, 6) is 0.774. The topological polar surface area (TPSA) is 55.4 Å². The number of benzene rings is 2. The fraction of sp³-hybridized carbons (Fsp3) is 0.429. The summed E-state index contributed by atoms with van der Waals surface area (Å²) in [4.78, 5) is 0.347. The SMILES string of the molecule is CCC1(CC)C[C@H](NS(=O)(=O)c2cc(C)ccc2C)c2ccccc2O1. The molecule has 2 aromatic rings. The summed E-state index contributed by atoms with van der Waals surface area (Å²) in [6.45, 7) is 7.91. The molecule has 3 rings (SSSR count). The molecule has 0 saturated carbocycles. The zero-order chi connectivity index (χ0) is 18.9. The summed E-state index contributed by atoms with van der Waals surface area (Å²) in [5, 5.41) is 0. The van der Waals surface area contributed by atoms with Gasteiger partial charge in [0, 0.05) is 12.0 Å². The Hall–Kier alpha value is -1.85. The lowest BCUT2D eigenvalue weighted by Crippen LogP contribution is -2.44. The Labute approximate surface area is 156 Å². The van der Waals surface area contributed by atoms with E-state index < -0.39 is 10.0 Å². The van der Waals surface area contributed by atoms with E-state index in [0.29, 0.717) is 11.3 Å². The first-order chi connectivity index (χ1) is 12.3. The zero-order valence-corrected chi connectivity index (χ0v) is 16.7. The van der Waals surface area contributed by atoms with Crippen LogP contribution in [-0.2, 0) is 10.0 Å². The number of hydrogen-bond donors (Lipinski definition) is 1. The van der Waals surface area contributed by atoms with Crippen LogP contribution in [0.5, 0.6) is 5.75 Å². The van der Waals surface area contributed by atoms with E-state index in [2.05, 4.69) is 18.6 Å². The third-order valence-electron chi connectivity index (χ3n) is 5.42. The van der Waals surface area contributed by atoms with Crippen molar-refractivity contribution in [2.45, 2.75) is 63.5 Å². The molecule has 0 radical (unpaired) electrons. The van der Waals surface area contributed by atoms with Crippen LogP contribution in [0.25, 0.3) is 0 Å². The van der Waals surface area contributed by atoms with Gasteiger partial charge < -0.3 is 4.74 Å². The average Bonchev–Trinajstić information content (AvgIpc) is 2.63. The van der Waals surface area contributed by atoms with E-state index in [-0.39, 0.29) is 11.6 Å². The molecule has 0 fully saturated rings. The van der Waals surface area contributed by atoms with Crippen LogP contribution < -0.4 is 9.46 Å². The third kappa shape index (κ3) is 3.51. The lowest BCUT2D eigenvalue weighted by molar-refractivity contribution is 0.0260. The van der Waals surface area contributed by atoms with Gasteiger partial charge in [-0.25, -0.2) is 13.1 Å². The second-order valence-electron chi connectivity index (χ2n) is 7.18. The highest BCUT2D eigenvalue weighted by molar-refractivity contribution is 7.89. The highest BCUT2D eigenvalue weighted by Crippen LogP contribution is 2.43. The third-order valence-corrected chi connectivity index (χ3v) is 7.03. The van der Waals surface area contributed by atoms with Gasteiger partial charge in [0.05, 0.1) is 10.9 Å². The van der Waals surface area contributed by atoms with Crippen LogP contribution in [0, 0.1) is 13.8 Å². The molecule has 1 aliphatic heterocycles. The molecule has 0 aliphatic carbocycles. The van der Waals surface area contributed by atoms with Crippen LogP contribution in [0.15, 0.2) is 47.4 Å². The summed E-state index contributed by atoms with van der Waals surface area (Å²) < 4.78 is 35.5. The molecule has 0 amide bonds. The van der Waals surface area contributed by atoms with Crippen molar-refractivity contribution in [3.05, 3.63) is 59.2 Å². The molecule has 0 aromatic heterocycles. The maximum atomic E-state index is 13.1. The molecule has 2 aromatic carbocycles. The van der Waals surface area contributed by atoms with Gasteiger partial charge in [-0.05, 0) is 49.9 Å². The molecule has 0 saturated heterocycles. The van der Waals surface area contributed by atoms with Gasteiger partial charge >= 0.3 is 0 Å². The number of rotatable bonds is 5. The number of hydrogen-bond acceptors (Lipinski definition) is 3. The standard InChI is InChI=1S/C21H27NO3S/c1-5-21(6-2)14-18(17-9-7-8-10-19(17)25-21)22-26(23,24)20-13-15(3)11-12-16(20)4/h7-13,18,22H,5-6,14H2,1-4H3/t18-/m0/s1. The molecule has 4 nitrogen and oxygen atoms in total. The molecular weight excluding hydrogens is 346 g/mol. The van der Waals surface area contributed by atoms with Crippen LogP contribution in [0.4, 0.5) is 0 Å². The second-order valence-corrected chi connectivity index (χ2v) is 8.86. The predicted octanol–water partition coefficient (Wildman–Crippen LogP) is 4.66. The Kier molecular flexibility index (Phi) is 5.13. The summed E-state index contributed by atoms with van der Waals surface area (Å²) in [7, 11) is -3.63. The Morgan fingerprint density at radius 1 is 1.12 bits per heavy atom. The summed E-state index contributed by atoms with van der Waals surface area (Å²) in [5.41, 5.74) is 2.24. The van der Waals surface area contributed by atoms with Gasteiger partial charge in [0.2, 0.25) is 10.0 Å². The molecule has 0 spiro atoms. The number of sulfonamides is 1. The van der Waals surface area contributed by atoms with Gasteiger partial charge in [0.1, 0.15) is 11.4 Å². The Morgan fingerprint density at radius 2 is 1.81 bits per heavy atom. The first kappa shape index (κ1) is 18.9. The van der Waals surface area contributed by atoms with Gasteiger partial charge in [-0.2, -0.15) is 0 Å². The molecule has 140 valence electrons. The van der Waals surface area contributed by atoms with Crippen molar-refractivity contribution in [1.82, 2.24) is 4.72 Å². The van der Waals surface area contributed by atoms with E-state index in [4.69, 9.17) is 4.74 Å². The molecule has 5 heteroatoms. The predicted molar refractivity (Wildman–Crippen MR) is 104 cm³/mol. The molecule has 0 bridgehead atoms. The van der Waals surface area contributed by atoms with Crippen molar-refractivity contribution in [2.75, 3.05) is 0 Å². The minimum atomic E-state index is -3.63. The number of fused-ring (bicyclic) bond motifs is 1. The first-order valence-electron chi connectivity index (χ1n) is 9.18. The fourth-order valence-electron chi connectivity index (χ4n) is 3.65. The fourth-order valence-corrected chi connectivity index (χ4v) is 5.20. The van der Waals surface area contributed by atoms with Crippen molar-refractivity contribution in [3.8, 4) is 5.75 Å². The minimum Gasteiger partial charge on any atom is -0.487 e. The van der Waals surface area contributed by atoms with Gasteiger partial charge in [0.15, 0.2) is 0 Å². The van der Waals surface area contributed by atoms with Gasteiger partial charge in [-0.3, -0.25) is 0 Å². The Morgan fingerprint density at radius 3 is 2.50 bits per heavy atom. The van der Waals surface area contributed by atoms with Crippen molar-refractivity contribution < 1.29 is 13.2 Å². The molecule has 1 atom stereocenters. The summed E-state index contributed by atoms with van der Waals surface area (Å²) >= 11 is 0. The monoisotopic (exact) mass is 373 g/mol. The van der Waals surface area contributed by atoms with Crippen LogP contribution in [0.1, 0.15) is 55.8 Å². The maximum Gasteiger partial charge on any atom is 0.241 e. The van der Waals surface area contributed by atoms with Gasteiger partial charge in [-0.15, -0.1) is 0 Å². The lowest BCUT2D eigenvalue weighted by Gasteiger charge is -2.41. The molecule has 26 heavy (non-hydrogen) atoms. The number of para-hydroxylation sites is 1. The van der Waals surface area contributed by atoms with E-state index >= 15 is 0 Å². The van der Waals surface area contributed by atoms with E-state index in [1.165, 1.54) is 0 Å². The Bertz CT molecular complexity index is 901. The minimum absolute atomic E-state index is 0.301. The largest absolute Gasteiger partial charge is 0.487 e. The van der Waals surface area contributed by atoms with Crippen LogP contribution in [0.2, 0.25) is 0 Å². The van der Waals surface area contributed by atoms with Crippen molar-refractivity contribution >= 4 is 10.0 Å². The van der Waals surface area contributed by atoms with Gasteiger partial charge in [-0.1, -0.05) is 44.2 Å². The number of ether oxygens (including phenoxy) is 1. The Balaban J connectivity index is 2.01. The normalized spacial score (nSPS) is 18.8. The van der Waals surface area contributed by atoms with Crippen LogP contribution >= 0.6 is 0 Å². The zero-order valence-electron chi connectivity index (χ0n) is 15.9. The highest BCUT2D eigenvalue weighted by Gasteiger charge is 2.40. The van der Waals surface area contributed by atoms with Crippen LogP contribution in [-0.4, -0.2) is 14.0 Å². The molecule has 0 unspecified atom stereocenters. The lowest BCUT2D eigenvalue weighted by atomic mass is 9.84. The van der Waals surface area contributed by atoms with Crippen molar-refractivity contribution in [1.29, 1.82) is 0 Å². The highest BCUT2D eigenvalue weighted by atomic mass is 32.2. The van der Waals surface area contributed by atoms with Crippen LogP contribution in [0.3, 0.4) is 0 Å². The molecule has 1 N–H and O–H groups in total.